The summed E-state index contributed by atoms with van der Waals surface area (Å²) in [5.74, 6) is -4.34. The van der Waals surface area contributed by atoms with E-state index in [1.54, 1.807) is 30.3 Å². The predicted molar refractivity (Wildman–Crippen MR) is 113 cm³/mol. The van der Waals surface area contributed by atoms with Gasteiger partial charge in [0.05, 0.1) is 14.5 Å². The number of aromatic nitrogens is 1. The number of carboxylic acids is 1. The van der Waals surface area contributed by atoms with E-state index in [4.69, 9.17) is 4.74 Å². The van der Waals surface area contributed by atoms with Gasteiger partial charge < -0.3 is 9.84 Å². The minimum absolute atomic E-state index is 0.0410. The Hall–Kier alpha value is -1.87. The monoisotopic (exact) mass is 547 g/mol. The summed E-state index contributed by atoms with van der Waals surface area (Å²) < 4.78 is 48.9. The lowest BCUT2D eigenvalue weighted by atomic mass is 9.79. The Balaban J connectivity index is 2.11. The molecule has 0 bridgehead atoms. The smallest absolute Gasteiger partial charge is 0.398 e. The number of para-hydroxylation sites is 1. The maximum Gasteiger partial charge on any atom is 0.398 e. The van der Waals surface area contributed by atoms with Crippen LogP contribution in [-0.2, 0) is 4.79 Å². The van der Waals surface area contributed by atoms with E-state index in [1.165, 1.54) is 38.1 Å². The zero-order chi connectivity index (χ0) is 22.3. The van der Waals surface area contributed by atoms with Gasteiger partial charge in [-0.2, -0.15) is 13.2 Å². The Labute approximate surface area is 188 Å². The van der Waals surface area contributed by atoms with E-state index < -0.39 is 40.5 Å². The normalized spacial score (nSPS) is 23.4. The van der Waals surface area contributed by atoms with Crippen molar-refractivity contribution in [2.24, 2.45) is 16.7 Å². The quantitative estimate of drug-likeness (QED) is 0.427. The zero-order valence-electron chi connectivity index (χ0n) is 16.0. The topological polar surface area (TPSA) is 59.4 Å². The Bertz CT molecular complexity index is 975. The Morgan fingerprint density at radius 1 is 1.17 bits per heavy atom. The molecule has 0 saturated heterocycles. The molecule has 30 heavy (non-hydrogen) atoms. The van der Waals surface area contributed by atoms with Crippen molar-refractivity contribution in [3.8, 4) is 11.6 Å². The first-order valence-electron chi connectivity index (χ1n) is 8.95. The highest BCUT2D eigenvalue weighted by Crippen LogP contribution is 2.77. The van der Waals surface area contributed by atoms with Crippen LogP contribution in [0, 0.1) is 16.7 Å². The molecule has 0 aliphatic heterocycles. The number of carboxylic acid groups (broad SMARTS) is 1. The number of allylic oxidation sites excluding steroid dienone is 1. The van der Waals surface area contributed by atoms with Gasteiger partial charge in [0.1, 0.15) is 11.7 Å². The second kappa shape index (κ2) is 8.00. The van der Waals surface area contributed by atoms with E-state index in [-0.39, 0.29) is 5.88 Å². The first kappa shape index (κ1) is 22.8. The van der Waals surface area contributed by atoms with E-state index in [0.29, 0.717) is 9.14 Å². The standard InChI is InChI=1S/C21H18Br2F3NO3/c1-19(2)14(11-15(22)23)20(19,18(28)29)17(21(24,25)26)13-9-6-10-16(27-13)30-12-7-4-3-5-8-12/h3-11,14,17H,1-2H3,(H,28,29)/t14?,17?,20-/m0/s1. The van der Waals surface area contributed by atoms with Crippen LogP contribution in [0.25, 0.3) is 0 Å². The number of ether oxygens (including phenoxy) is 1. The Morgan fingerprint density at radius 2 is 1.80 bits per heavy atom. The van der Waals surface area contributed by atoms with E-state index >= 15 is 0 Å². The van der Waals surface area contributed by atoms with Gasteiger partial charge in [-0.25, -0.2) is 4.98 Å². The molecular weight excluding hydrogens is 531 g/mol. The zero-order valence-corrected chi connectivity index (χ0v) is 19.1. The predicted octanol–water partition coefficient (Wildman–Crippen LogP) is 6.88. The molecule has 0 radical (unpaired) electrons. The summed E-state index contributed by atoms with van der Waals surface area (Å²) in [6.07, 6.45) is -3.38. The largest absolute Gasteiger partial charge is 0.481 e. The third kappa shape index (κ3) is 3.89. The molecule has 1 fully saturated rings. The lowest BCUT2D eigenvalue weighted by Gasteiger charge is -2.29. The molecule has 0 spiro atoms. The van der Waals surface area contributed by atoms with Gasteiger partial charge in [0.25, 0.3) is 0 Å². The third-order valence-electron chi connectivity index (χ3n) is 5.69. The summed E-state index contributed by atoms with van der Waals surface area (Å²) in [4.78, 5) is 16.4. The Morgan fingerprint density at radius 3 is 2.33 bits per heavy atom. The van der Waals surface area contributed by atoms with E-state index in [9.17, 15) is 23.1 Å². The minimum Gasteiger partial charge on any atom is -0.481 e. The van der Waals surface area contributed by atoms with Crippen molar-refractivity contribution in [2.45, 2.75) is 25.9 Å². The number of hydrogen-bond acceptors (Lipinski definition) is 3. The first-order valence-corrected chi connectivity index (χ1v) is 10.5. The highest BCUT2D eigenvalue weighted by Gasteiger charge is 2.82. The highest BCUT2D eigenvalue weighted by atomic mass is 79.9. The molecule has 160 valence electrons. The van der Waals surface area contributed by atoms with Crippen LogP contribution in [0.1, 0.15) is 25.5 Å². The molecule has 1 N–H and O–H groups in total. The van der Waals surface area contributed by atoms with Gasteiger partial charge in [0, 0.05) is 12.0 Å². The van der Waals surface area contributed by atoms with Gasteiger partial charge in [0.15, 0.2) is 0 Å². The number of alkyl halides is 3. The average molecular weight is 549 g/mol. The van der Waals surface area contributed by atoms with Crippen LogP contribution in [0.2, 0.25) is 0 Å². The molecule has 1 heterocycles. The van der Waals surface area contributed by atoms with Gasteiger partial charge in [-0.1, -0.05) is 44.2 Å². The van der Waals surface area contributed by atoms with Gasteiger partial charge >= 0.3 is 12.1 Å². The molecule has 1 aliphatic rings. The molecular formula is C21H18Br2F3NO3. The molecule has 1 aliphatic carbocycles. The maximum absolute atomic E-state index is 14.3. The fourth-order valence-electron chi connectivity index (χ4n) is 4.30. The van der Waals surface area contributed by atoms with E-state index in [2.05, 4.69) is 36.8 Å². The van der Waals surface area contributed by atoms with E-state index in [1.807, 2.05) is 0 Å². The first-order chi connectivity index (χ1) is 13.9. The number of hydrogen-bond donors (Lipinski definition) is 1. The van der Waals surface area contributed by atoms with Crippen LogP contribution in [0.5, 0.6) is 11.6 Å². The SMILES string of the molecule is CC1(C)C(C=C(Br)Br)[C@@]1(C(=O)O)C(c1cccc(Oc2ccccc2)n1)C(F)(F)F. The summed E-state index contributed by atoms with van der Waals surface area (Å²) in [5.41, 5.74) is -3.67. The van der Waals surface area contributed by atoms with Crippen LogP contribution in [0.3, 0.4) is 0 Å². The van der Waals surface area contributed by atoms with Crippen molar-refractivity contribution in [1.29, 1.82) is 0 Å². The van der Waals surface area contributed by atoms with Crippen LogP contribution in [0.4, 0.5) is 13.2 Å². The lowest BCUT2D eigenvalue weighted by Crippen LogP contribution is -2.39. The molecule has 4 nitrogen and oxygen atoms in total. The summed E-state index contributed by atoms with van der Waals surface area (Å²) >= 11 is 6.28. The highest BCUT2D eigenvalue weighted by molar-refractivity contribution is 9.28. The van der Waals surface area contributed by atoms with Gasteiger partial charge in [-0.05, 0) is 55.5 Å². The van der Waals surface area contributed by atoms with Crippen molar-refractivity contribution >= 4 is 37.8 Å². The van der Waals surface area contributed by atoms with Crippen molar-refractivity contribution in [3.63, 3.8) is 0 Å². The van der Waals surface area contributed by atoms with Gasteiger partial charge in [0.2, 0.25) is 5.88 Å². The fraction of sp³-hybridized carbons (Fsp3) is 0.333. The second-order valence-electron chi connectivity index (χ2n) is 7.62. The van der Waals surface area contributed by atoms with Crippen LogP contribution in [-0.4, -0.2) is 22.2 Å². The minimum atomic E-state index is -4.84. The number of pyridine rings is 1. The van der Waals surface area contributed by atoms with Crippen LogP contribution < -0.4 is 4.74 Å². The van der Waals surface area contributed by atoms with Crippen LogP contribution in [0.15, 0.2) is 58.0 Å². The number of benzene rings is 1. The second-order valence-corrected chi connectivity index (χ2v) is 10.4. The molecule has 9 heteroatoms. The Kier molecular flexibility index (Phi) is 6.08. The molecule has 1 aromatic carbocycles. The number of nitrogens with zero attached hydrogens (tertiary/aromatic N) is 1. The summed E-state index contributed by atoms with van der Waals surface area (Å²) in [7, 11) is 0. The molecule has 0 amide bonds. The third-order valence-corrected chi connectivity index (χ3v) is 6.22. The van der Waals surface area contributed by atoms with Crippen molar-refractivity contribution in [3.05, 3.63) is 63.7 Å². The molecule has 1 saturated carbocycles. The van der Waals surface area contributed by atoms with Gasteiger partial charge in [-0.15, -0.1) is 0 Å². The molecule has 3 atom stereocenters. The molecule has 2 aromatic rings. The van der Waals surface area contributed by atoms with Crippen molar-refractivity contribution in [1.82, 2.24) is 4.98 Å². The van der Waals surface area contributed by atoms with Gasteiger partial charge in [-0.3, -0.25) is 4.79 Å². The summed E-state index contributed by atoms with van der Waals surface area (Å²) in [6, 6.07) is 12.5. The number of rotatable bonds is 6. The fourth-order valence-corrected chi connectivity index (χ4v) is 4.83. The maximum atomic E-state index is 14.3. The average Bonchev–Trinajstić information content (AvgIpc) is 3.10. The lowest BCUT2D eigenvalue weighted by molar-refractivity contribution is -0.184. The number of halogens is 5. The van der Waals surface area contributed by atoms with Crippen molar-refractivity contribution < 1.29 is 27.8 Å². The van der Waals surface area contributed by atoms with Crippen molar-refractivity contribution in [2.75, 3.05) is 0 Å². The molecule has 3 rings (SSSR count). The number of aliphatic carboxylic acids is 1. The van der Waals surface area contributed by atoms with E-state index in [0.717, 1.165) is 0 Å². The molecule has 1 aromatic heterocycles. The molecule has 2 unspecified atom stereocenters. The summed E-state index contributed by atoms with van der Waals surface area (Å²) in [6.45, 7) is 3.04. The summed E-state index contributed by atoms with van der Waals surface area (Å²) in [5, 5.41) is 10.0. The number of carbonyl (C=O) groups is 1. The van der Waals surface area contributed by atoms with Crippen LogP contribution >= 0.6 is 31.9 Å².